The van der Waals surface area contributed by atoms with E-state index in [1.807, 2.05) is 24.3 Å². The third kappa shape index (κ3) is 2.43. The Balaban J connectivity index is 2.01. The molecule has 0 bridgehead atoms. The van der Waals surface area contributed by atoms with Gasteiger partial charge >= 0.3 is 0 Å². The summed E-state index contributed by atoms with van der Waals surface area (Å²) in [5, 5.41) is 0.889. The molecule has 0 spiro atoms. The molecule has 2 aromatic carbocycles. The minimum absolute atomic E-state index is 0.114. The summed E-state index contributed by atoms with van der Waals surface area (Å²) in [5.41, 5.74) is 1.27. The molecule has 0 radical (unpaired) electrons. The molecule has 0 aliphatic heterocycles. The maximum Gasteiger partial charge on any atom is 0.228 e. The molecule has 0 atom stereocenters. The fraction of sp³-hybridized carbons (Fsp3) is 0.0625. The third-order valence-electron chi connectivity index (χ3n) is 3.06. The summed E-state index contributed by atoms with van der Waals surface area (Å²) >= 11 is 2.21. The van der Waals surface area contributed by atoms with Crippen LogP contribution in [0.15, 0.2) is 52.9 Å². The van der Waals surface area contributed by atoms with Crippen molar-refractivity contribution in [2.24, 2.45) is 0 Å². The van der Waals surface area contributed by atoms with Crippen molar-refractivity contribution in [3.05, 3.63) is 63.4 Å². The molecule has 0 saturated heterocycles. The third-order valence-corrected chi connectivity index (χ3v) is 3.78. The largest absolute Gasteiger partial charge is 0.497 e. The predicted molar refractivity (Wildman–Crippen MR) is 85.4 cm³/mol. The van der Waals surface area contributed by atoms with Gasteiger partial charge in [0.05, 0.1) is 7.11 Å². The van der Waals surface area contributed by atoms with Gasteiger partial charge in [-0.3, -0.25) is 4.79 Å². The van der Waals surface area contributed by atoms with E-state index in [0.717, 1.165) is 8.96 Å². The van der Waals surface area contributed by atoms with Gasteiger partial charge in [-0.2, -0.15) is 0 Å². The van der Waals surface area contributed by atoms with Gasteiger partial charge in [0.25, 0.3) is 0 Å². The molecule has 3 rings (SSSR count). The average Bonchev–Trinajstić information content (AvgIpc) is 2.90. The zero-order chi connectivity index (χ0) is 14.1. The van der Waals surface area contributed by atoms with Crippen molar-refractivity contribution in [3.63, 3.8) is 0 Å². The van der Waals surface area contributed by atoms with E-state index in [-0.39, 0.29) is 5.78 Å². The van der Waals surface area contributed by atoms with Gasteiger partial charge in [0, 0.05) is 20.6 Å². The molecule has 1 aromatic heterocycles. The second kappa shape index (κ2) is 5.28. The Morgan fingerprint density at radius 2 is 1.85 bits per heavy atom. The van der Waals surface area contributed by atoms with Crippen LogP contribution >= 0.6 is 22.6 Å². The smallest absolute Gasteiger partial charge is 0.228 e. The first kappa shape index (κ1) is 13.2. The van der Waals surface area contributed by atoms with E-state index in [4.69, 9.17) is 9.15 Å². The molecule has 1 heterocycles. The monoisotopic (exact) mass is 378 g/mol. The lowest BCUT2D eigenvalue weighted by atomic mass is 10.1. The summed E-state index contributed by atoms with van der Waals surface area (Å²) in [5.74, 6) is 0.936. The molecule has 0 saturated carbocycles. The van der Waals surface area contributed by atoms with Crippen LogP contribution in [0, 0.1) is 3.57 Å². The van der Waals surface area contributed by atoms with E-state index in [9.17, 15) is 4.79 Å². The van der Waals surface area contributed by atoms with Gasteiger partial charge in [-0.1, -0.05) is 0 Å². The summed E-state index contributed by atoms with van der Waals surface area (Å²) in [4.78, 5) is 12.4. The topological polar surface area (TPSA) is 39.4 Å². The minimum Gasteiger partial charge on any atom is -0.497 e. The number of halogens is 1. The molecule has 0 aliphatic rings. The summed E-state index contributed by atoms with van der Waals surface area (Å²) < 4.78 is 11.9. The lowest BCUT2D eigenvalue weighted by Crippen LogP contribution is -1.98. The number of hydrogen-bond acceptors (Lipinski definition) is 3. The first-order chi connectivity index (χ1) is 9.67. The van der Waals surface area contributed by atoms with Crippen molar-refractivity contribution in [3.8, 4) is 5.75 Å². The number of carbonyl (C=O) groups excluding carboxylic acids is 1. The Bertz CT molecular complexity index is 772. The van der Waals surface area contributed by atoms with Crippen LogP contribution in [0.3, 0.4) is 0 Å². The SMILES string of the molecule is COc1ccc2cc(C(=O)c3ccc(I)cc3)oc2c1. The van der Waals surface area contributed by atoms with Gasteiger partial charge in [0.1, 0.15) is 11.3 Å². The summed E-state index contributed by atoms with van der Waals surface area (Å²) in [6, 6.07) is 14.7. The van der Waals surface area contributed by atoms with Gasteiger partial charge in [0.2, 0.25) is 5.78 Å². The minimum atomic E-state index is -0.114. The number of furan rings is 1. The van der Waals surface area contributed by atoms with Crippen molar-refractivity contribution in [2.45, 2.75) is 0 Å². The highest BCUT2D eigenvalue weighted by atomic mass is 127. The second-order valence-electron chi connectivity index (χ2n) is 4.35. The van der Waals surface area contributed by atoms with Crippen LogP contribution in [0.5, 0.6) is 5.75 Å². The Morgan fingerprint density at radius 1 is 1.10 bits per heavy atom. The number of carbonyl (C=O) groups is 1. The normalized spacial score (nSPS) is 10.7. The Morgan fingerprint density at radius 3 is 2.55 bits per heavy atom. The van der Waals surface area contributed by atoms with Gasteiger partial charge in [-0.25, -0.2) is 0 Å². The average molecular weight is 378 g/mol. The van der Waals surface area contributed by atoms with Gasteiger partial charge in [0.15, 0.2) is 5.76 Å². The van der Waals surface area contributed by atoms with Crippen molar-refractivity contribution in [1.29, 1.82) is 0 Å². The molecule has 20 heavy (non-hydrogen) atoms. The zero-order valence-electron chi connectivity index (χ0n) is 10.7. The highest BCUT2D eigenvalue weighted by Crippen LogP contribution is 2.25. The number of rotatable bonds is 3. The number of fused-ring (bicyclic) bond motifs is 1. The van der Waals surface area contributed by atoms with Crippen LogP contribution in [-0.4, -0.2) is 12.9 Å². The molecule has 0 amide bonds. The van der Waals surface area contributed by atoms with Crippen molar-refractivity contribution < 1.29 is 13.9 Å². The predicted octanol–water partition coefficient (Wildman–Crippen LogP) is 4.28. The highest BCUT2D eigenvalue weighted by Gasteiger charge is 2.14. The molecule has 3 nitrogen and oxygen atoms in total. The van der Waals surface area contributed by atoms with Crippen LogP contribution in [0.25, 0.3) is 11.0 Å². The summed E-state index contributed by atoms with van der Waals surface area (Å²) in [7, 11) is 1.60. The molecular weight excluding hydrogens is 367 g/mol. The van der Waals surface area contributed by atoms with E-state index in [2.05, 4.69) is 22.6 Å². The van der Waals surface area contributed by atoms with Crippen LogP contribution < -0.4 is 4.74 Å². The molecule has 0 N–H and O–H groups in total. The molecule has 100 valence electrons. The number of benzene rings is 2. The first-order valence-corrected chi connectivity index (χ1v) is 7.13. The fourth-order valence-corrected chi connectivity index (χ4v) is 2.35. The number of ether oxygens (including phenoxy) is 1. The number of hydrogen-bond donors (Lipinski definition) is 0. The maximum absolute atomic E-state index is 12.4. The molecule has 0 aliphatic carbocycles. The fourth-order valence-electron chi connectivity index (χ4n) is 1.99. The molecule has 3 aromatic rings. The van der Waals surface area contributed by atoms with Crippen LogP contribution in [0.4, 0.5) is 0 Å². The molecule has 4 heteroatoms. The highest BCUT2D eigenvalue weighted by molar-refractivity contribution is 14.1. The Hall–Kier alpha value is -1.82. The van der Waals surface area contributed by atoms with Gasteiger partial charge < -0.3 is 9.15 Å². The number of ketones is 1. The first-order valence-electron chi connectivity index (χ1n) is 6.05. The van der Waals surface area contributed by atoms with Crippen molar-refractivity contribution in [1.82, 2.24) is 0 Å². The van der Waals surface area contributed by atoms with E-state index < -0.39 is 0 Å². The lowest BCUT2D eigenvalue weighted by Gasteiger charge is -1.98. The lowest BCUT2D eigenvalue weighted by molar-refractivity contribution is 0.101. The Kier molecular flexibility index (Phi) is 3.48. The maximum atomic E-state index is 12.4. The molecule has 0 unspecified atom stereocenters. The van der Waals surface area contributed by atoms with Crippen molar-refractivity contribution >= 4 is 39.3 Å². The van der Waals surface area contributed by atoms with Gasteiger partial charge in [-0.05, 0) is 65.1 Å². The number of methoxy groups -OCH3 is 1. The standard InChI is InChI=1S/C16H11IO3/c1-19-13-7-4-11-8-15(20-14(11)9-13)16(18)10-2-5-12(17)6-3-10/h2-9H,1H3. The van der Waals surface area contributed by atoms with Crippen molar-refractivity contribution in [2.75, 3.05) is 7.11 Å². The van der Waals surface area contributed by atoms with Crippen LogP contribution in [0.2, 0.25) is 0 Å². The van der Waals surface area contributed by atoms with E-state index >= 15 is 0 Å². The van der Waals surface area contributed by atoms with E-state index in [1.165, 1.54) is 0 Å². The van der Waals surface area contributed by atoms with Crippen LogP contribution in [-0.2, 0) is 0 Å². The summed E-state index contributed by atoms with van der Waals surface area (Å²) in [6.07, 6.45) is 0. The van der Waals surface area contributed by atoms with E-state index in [1.54, 1.807) is 31.4 Å². The van der Waals surface area contributed by atoms with Crippen LogP contribution in [0.1, 0.15) is 16.1 Å². The molecular formula is C16H11IO3. The zero-order valence-corrected chi connectivity index (χ0v) is 12.9. The second-order valence-corrected chi connectivity index (χ2v) is 5.60. The van der Waals surface area contributed by atoms with E-state index in [0.29, 0.717) is 22.7 Å². The van der Waals surface area contributed by atoms with Gasteiger partial charge in [-0.15, -0.1) is 0 Å². The summed E-state index contributed by atoms with van der Waals surface area (Å²) in [6.45, 7) is 0. The molecule has 0 fully saturated rings. The Labute approximate surface area is 129 Å². The quantitative estimate of drug-likeness (QED) is 0.505.